The van der Waals surface area contributed by atoms with Crippen LogP contribution in [0.4, 0.5) is 4.79 Å². The number of hydrogen-bond acceptors (Lipinski definition) is 1. The van der Waals surface area contributed by atoms with Gasteiger partial charge in [-0.15, -0.1) is 0 Å². The molecule has 1 aromatic rings. The average Bonchev–Trinajstić information content (AvgIpc) is 2.63. The largest absolute Gasteiger partial charge is 0.333 e. The van der Waals surface area contributed by atoms with Crippen molar-refractivity contribution in [2.75, 3.05) is 13.1 Å². The third kappa shape index (κ3) is 4.26. The standard InChI is InChI=1S/C17H26N2O/c1-17(2,3)18-16(20)19-12-8-7-11-15(13-19)14-9-5-4-6-10-14/h4-6,9-10,15H,7-8,11-13H2,1-3H3,(H,18,20). The number of carbonyl (C=O) groups excluding carboxylic acids is 1. The molecule has 0 radical (unpaired) electrons. The summed E-state index contributed by atoms with van der Waals surface area (Å²) in [7, 11) is 0. The Kier molecular flexibility index (Phi) is 4.69. The molecular weight excluding hydrogens is 248 g/mol. The van der Waals surface area contributed by atoms with Gasteiger partial charge in [-0.2, -0.15) is 0 Å². The van der Waals surface area contributed by atoms with Crippen molar-refractivity contribution in [2.45, 2.75) is 51.5 Å². The first kappa shape index (κ1) is 14.9. The van der Waals surface area contributed by atoms with Crippen molar-refractivity contribution in [1.29, 1.82) is 0 Å². The van der Waals surface area contributed by atoms with Gasteiger partial charge in [0, 0.05) is 24.5 Å². The molecule has 0 bridgehead atoms. The molecule has 1 aliphatic heterocycles. The van der Waals surface area contributed by atoms with Gasteiger partial charge in [0.15, 0.2) is 0 Å². The molecule has 0 aromatic heterocycles. The highest BCUT2D eigenvalue weighted by atomic mass is 16.2. The average molecular weight is 274 g/mol. The summed E-state index contributed by atoms with van der Waals surface area (Å²) in [6, 6.07) is 10.6. The molecule has 2 amide bonds. The summed E-state index contributed by atoms with van der Waals surface area (Å²) in [5.41, 5.74) is 1.17. The number of nitrogens with zero attached hydrogens (tertiary/aromatic N) is 1. The van der Waals surface area contributed by atoms with Crippen molar-refractivity contribution in [2.24, 2.45) is 0 Å². The predicted molar refractivity (Wildman–Crippen MR) is 82.9 cm³/mol. The molecule has 3 heteroatoms. The zero-order chi connectivity index (χ0) is 14.6. The number of hydrogen-bond donors (Lipinski definition) is 1. The Morgan fingerprint density at radius 3 is 2.55 bits per heavy atom. The fraction of sp³-hybridized carbons (Fsp3) is 0.588. The van der Waals surface area contributed by atoms with Crippen LogP contribution in [0.25, 0.3) is 0 Å². The zero-order valence-corrected chi connectivity index (χ0v) is 12.9. The summed E-state index contributed by atoms with van der Waals surface area (Å²) in [5, 5.41) is 3.08. The van der Waals surface area contributed by atoms with Crippen LogP contribution in [0.2, 0.25) is 0 Å². The molecule has 3 nitrogen and oxygen atoms in total. The summed E-state index contributed by atoms with van der Waals surface area (Å²) in [5.74, 6) is 0.462. The van der Waals surface area contributed by atoms with Crippen molar-refractivity contribution >= 4 is 6.03 Å². The third-order valence-corrected chi connectivity index (χ3v) is 3.71. The highest BCUT2D eigenvalue weighted by Gasteiger charge is 2.25. The second-order valence-electron chi connectivity index (χ2n) is 6.73. The second kappa shape index (κ2) is 6.29. The summed E-state index contributed by atoms with van der Waals surface area (Å²) in [6.07, 6.45) is 3.46. The van der Waals surface area contributed by atoms with E-state index in [2.05, 4.69) is 29.6 Å². The molecule has 0 spiro atoms. The summed E-state index contributed by atoms with van der Waals surface area (Å²) in [6.45, 7) is 7.77. The molecule has 1 atom stereocenters. The summed E-state index contributed by atoms with van der Waals surface area (Å²) >= 11 is 0. The number of rotatable bonds is 1. The number of urea groups is 1. The van der Waals surface area contributed by atoms with Crippen molar-refractivity contribution in [1.82, 2.24) is 10.2 Å². The van der Waals surface area contributed by atoms with E-state index < -0.39 is 0 Å². The second-order valence-corrected chi connectivity index (χ2v) is 6.73. The number of amides is 2. The lowest BCUT2D eigenvalue weighted by molar-refractivity contribution is 0.188. The lowest BCUT2D eigenvalue weighted by Crippen LogP contribution is -2.49. The normalized spacial score (nSPS) is 20.4. The SMILES string of the molecule is CC(C)(C)NC(=O)N1CCCCC(c2ccccc2)C1. The first-order valence-corrected chi connectivity index (χ1v) is 7.58. The van der Waals surface area contributed by atoms with Gasteiger partial charge in [0.1, 0.15) is 0 Å². The molecule has 1 N–H and O–H groups in total. The molecule has 20 heavy (non-hydrogen) atoms. The fourth-order valence-corrected chi connectivity index (χ4v) is 2.72. The van der Waals surface area contributed by atoms with Crippen molar-refractivity contribution in [3.8, 4) is 0 Å². The first-order chi connectivity index (χ1) is 9.46. The van der Waals surface area contributed by atoms with E-state index in [1.54, 1.807) is 0 Å². The van der Waals surface area contributed by atoms with E-state index in [9.17, 15) is 4.79 Å². The van der Waals surface area contributed by atoms with E-state index in [1.165, 1.54) is 18.4 Å². The van der Waals surface area contributed by atoms with E-state index in [4.69, 9.17) is 0 Å². The van der Waals surface area contributed by atoms with Crippen LogP contribution in [0.15, 0.2) is 30.3 Å². The minimum absolute atomic E-state index is 0.0698. The van der Waals surface area contributed by atoms with Crippen LogP contribution in [0.5, 0.6) is 0 Å². The van der Waals surface area contributed by atoms with Crippen molar-refractivity contribution in [3.63, 3.8) is 0 Å². The van der Waals surface area contributed by atoms with Crippen LogP contribution in [0, 0.1) is 0 Å². The molecule has 1 heterocycles. The number of nitrogens with one attached hydrogen (secondary N) is 1. The lowest BCUT2D eigenvalue weighted by Gasteiger charge is -2.29. The van der Waals surface area contributed by atoms with Crippen LogP contribution >= 0.6 is 0 Å². The van der Waals surface area contributed by atoms with E-state index in [-0.39, 0.29) is 11.6 Å². The summed E-state index contributed by atoms with van der Waals surface area (Å²) < 4.78 is 0. The zero-order valence-electron chi connectivity index (χ0n) is 12.9. The Hall–Kier alpha value is -1.51. The van der Waals surface area contributed by atoms with Gasteiger partial charge in [-0.3, -0.25) is 0 Å². The summed E-state index contributed by atoms with van der Waals surface area (Å²) in [4.78, 5) is 14.3. The molecule has 1 fully saturated rings. The Morgan fingerprint density at radius 2 is 1.90 bits per heavy atom. The lowest BCUT2D eigenvalue weighted by atomic mass is 9.94. The molecule has 1 saturated heterocycles. The number of likely N-dealkylation sites (tertiary alicyclic amines) is 1. The Balaban J connectivity index is 2.05. The maximum absolute atomic E-state index is 12.4. The molecular formula is C17H26N2O. The molecule has 1 unspecified atom stereocenters. The molecule has 0 aliphatic carbocycles. The molecule has 1 aromatic carbocycles. The maximum Gasteiger partial charge on any atom is 0.317 e. The van der Waals surface area contributed by atoms with Crippen LogP contribution < -0.4 is 5.32 Å². The smallest absolute Gasteiger partial charge is 0.317 e. The van der Waals surface area contributed by atoms with Crippen LogP contribution in [-0.2, 0) is 0 Å². The first-order valence-electron chi connectivity index (χ1n) is 7.58. The Morgan fingerprint density at radius 1 is 1.20 bits per heavy atom. The quantitative estimate of drug-likeness (QED) is 0.830. The Bertz CT molecular complexity index is 436. The number of benzene rings is 1. The highest BCUT2D eigenvalue weighted by molar-refractivity contribution is 5.75. The molecule has 2 rings (SSSR count). The van der Waals surface area contributed by atoms with Gasteiger partial charge in [-0.1, -0.05) is 36.8 Å². The van der Waals surface area contributed by atoms with Gasteiger partial charge < -0.3 is 10.2 Å². The monoisotopic (exact) mass is 274 g/mol. The van der Waals surface area contributed by atoms with Crippen LogP contribution in [0.3, 0.4) is 0 Å². The maximum atomic E-state index is 12.4. The van der Waals surface area contributed by atoms with E-state index in [1.807, 2.05) is 31.7 Å². The van der Waals surface area contributed by atoms with Gasteiger partial charge in [0.2, 0.25) is 0 Å². The van der Waals surface area contributed by atoms with E-state index >= 15 is 0 Å². The number of carbonyl (C=O) groups is 1. The Labute approximate surface area is 122 Å². The van der Waals surface area contributed by atoms with Crippen LogP contribution in [-0.4, -0.2) is 29.6 Å². The van der Waals surface area contributed by atoms with Crippen molar-refractivity contribution in [3.05, 3.63) is 35.9 Å². The van der Waals surface area contributed by atoms with Crippen molar-refractivity contribution < 1.29 is 4.79 Å². The highest BCUT2D eigenvalue weighted by Crippen LogP contribution is 2.26. The minimum atomic E-state index is -0.175. The van der Waals surface area contributed by atoms with Gasteiger partial charge >= 0.3 is 6.03 Å². The topological polar surface area (TPSA) is 32.3 Å². The van der Waals surface area contributed by atoms with Crippen LogP contribution in [0.1, 0.15) is 51.5 Å². The van der Waals surface area contributed by atoms with E-state index in [0.717, 1.165) is 19.5 Å². The minimum Gasteiger partial charge on any atom is -0.333 e. The fourth-order valence-electron chi connectivity index (χ4n) is 2.72. The molecule has 1 aliphatic rings. The van der Waals surface area contributed by atoms with E-state index in [0.29, 0.717) is 5.92 Å². The predicted octanol–water partition coefficient (Wildman–Crippen LogP) is 3.76. The molecule has 110 valence electrons. The molecule has 0 saturated carbocycles. The third-order valence-electron chi connectivity index (χ3n) is 3.71. The van der Waals surface area contributed by atoms with Gasteiger partial charge in [-0.05, 0) is 39.2 Å². The van der Waals surface area contributed by atoms with Gasteiger partial charge in [0.05, 0.1) is 0 Å². The van der Waals surface area contributed by atoms with Gasteiger partial charge in [-0.25, -0.2) is 4.79 Å². The van der Waals surface area contributed by atoms with Gasteiger partial charge in [0.25, 0.3) is 0 Å².